The van der Waals surface area contributed by atoms with Crippen molar-refractivity contribution in [3.63, 3.8) is 0 Å². The number of carbonyl (C=O) groups is 2. The average Bonchev–Trinajstić information content (AvgIpc) is 2.95. The highest BCUT2D eigenvalue weighted by Gasteiger charge is 2.23. The summed E-state index contributed by atoms with van der Waals surface area (Å²) in [6.07, 6.45) is 0. The van der Waals surface area contributed by atoms with E-state index in [0.717, 1.165) is 5.56 Å². The quantitative estimate of drug-likeness (QED) is 0.734. The van der Waals surface area contributed by atoms with Crippen molar-refractivity contribution in [2.45, 2.75) is 57.1 Å². The summed E-state index contributed by atoms with van der Waals surface area (Å²) in [6.45, 7) is 9.86. The van der Waals surface area contributed by atoms with Gasteiger partial charge in [0.2, 0.25) is 5.91 Å². The van der Waals surface area contributed by atoms with Crippen molar-refractivity contribution in [3.8, 4) is 11.4 Å². The van der Waals surface area contributed by atoms with Gasteiger partial charge in [-0.05, 0) is 46.8 Å². The molecule has 146 valence electrons. The number of rotatable bonds is 5. The van der Waals surface area contributed by atoms with Crippen molar-refractivity contribution in [1.29, 1.82) is 0 Å². The highest BCUT2D eigenvalue weighted by atomic mass is 35.5. The van der Waals surface area contributed by atoms with E-state index in [4.69, 9.17) is 11.6 Å². The van der Waals surface area contributed by atoms with E-state index in [1.54, 1.807) is 13.0 Å². The zero-order valence-electron chi connectivity index (χ0n) is 16.0. The summed E-state index contributed by atoms with van der Waals surface area (Å²) in [6, 6.07) is 6.85. The molecule has 1 aromatic heterocycles. The molecule has 0 saturated carbocycles. The van der Waals surface area contributed by atoms with E-state index in [9.17, 15) is 9.59 Å². The number of carbonyl (C=O) groups excluding carboxylic acids is 2. The Balaban J connectivity index is 2.11. The second-order valence-electron chi connectivity index (χ2n) is 7.01. The molecule has 0 unspecified atom stereocenters. The maximum absolute atomic E-state index is 12.3. The van der Waals surface area contributed by atoms with Crippen molar-refractivity contribution >= 4 is 35.3 Å². The Morgan fingerprint density at radius 1 is 1.30 bits per heavy atom. The maximum atomic E-state index is 12.3. The molecule has 0 bridgehead atoms. The van der Waals surface area contributed by atoms with Crippen LogP contribution in [0.3, 0.4) is 0 Å². The zero-order chi connectivity index (χ0) is 20.2. The predicted octanol–water partition coefficient (Wildman–Crippen LogP) is 3.72. The van der Waals surface area contributed by atoms with Gasteiger partial charge in [-0.15, -0.1) is 10.2 Å². The van der Waals surface area contributed by atoms with Gasteiger partial charge in [-0.2, -0.15) is 0 Å². The number of aromatic nitrogens is 3. The van der Waals surface area contributed by atoms with Crippen LogP contribution in [-0.2, 0) is 11.3 Å². The fourth-order valence-corrected chi connectivity index (χ4v) is 3.40. The lowest BCUT2D eigenvalue weighted by Gasteiger charge is -2.21. The molecule has 0 spiro atoms. The summed E-state index contributed by atoms with van der Waals surface area (Å²) < 4.78 is 1.91. The molecule has 1 heterocycles. The highest BCUT2D eigenvalue weighted by molar-refractivity contribution is 8.00. The first-order valence-corrected chi connectivity index (χ1v) is 9.85. The van der Waals surface area contributed by atoms with Crippen molar-refractivity contribution in [2.24, 2.45) is 0 Å². The Hall–Kier alpha value is -2.06. The third-order valence-electron chi connectivity index (χ3n) is 3.49. The average molecular weight is 410 g/mol. The number of thioether (sulfide) groups is 1. The standard InChI is InChI=1S/C18H24ClN5O2S/c1-6-24-14(12-8-7-9-13(19)10-12)22-23-17(24)27-11(2)15(25)20-16(26)21-18(3,4)5/h7-11H,6H2,1-5H3,(H2,20,21,25,26)/t11-/m1/s1. The minimum Gasteiger partial charge on any atom is -0.333 e. The van der Waals surface area contributed by atoms with Crippen LogP contribution in [0, 0.1) is 0 Å². The number of halogens is 1. The number of benzene rings is 1. The van der Waals surface area contributed by atoms with Gasteiger partial charge in [-0.3, -0.25) is 10.1 Å². The summed E-state index contributed by atoms with van der Waals surface area (Å²) in [5.41, 5.74) is 0.431. The Labute approximate surface area is 168 Å². The number of hydrogen-bond donors (Lipinski definition) is 2. The Bertz CT molecular complexity index is 831. The summed E-state index contributed by atoms with van der Waals surface area (Å²) in [7, 11) is 0. The molecule has 1 atom stereocenters. The molecule has 0 radical (unpaired) electrons. The first kappa shape index (κ1) is 21.2. The van der Waals surface area contributed by atoms with Crippen molar-refractivity contribution in [2.75, 3.05) is 0 Å². The third-order valence-corrected chi connectivity index (χ3v) is 4.81. The molecule has 0 fully saturated rings. The molecule has 27 heavy (non-hydrogen) atoms. The number of nitrogens with one attached hydrogen (secondary N) is 2. The van der Waals surface area contributed by atoms with Gasteiger partial charge in [-0.1, -0.05) is 35.5 Å². The first-order chi connectivity index (χ1) is 12.6. The molecule has 2 N–H and O–H groups in total. The molecule has 3 amide bonds. The van der Waals surface area contributed by atoms with E-state index >= 15 is 0 Å². The highest BCUT2D eigenvalue weighted by Crippen LogP contribution is 2.28. The molecule has 0 saturated heterocycles. The van der Waals surface area contributed by atoms with E-state index in [1.807, 2.05) is 50.5 Å². The normalized spacial score (nSPS) is 12.5. The number of hydrogen-bond acceptors (Lipinski definition) is 5. The molecular formula is C18H24ClN5O2S. The second-order valence-corrected chi connectivity index (χ2v) is 8.76. The van der Waals surface area contributed by atoms with Gasteiger partial charge in [0.05, 0.1) is 5.25 Å². The minimum atomic E-state index is -0.517. The predicted molar refractivity (Wildman–Crippen MR) is 108 cm³/mol. The summed E-state index contributed by atoms with van der Waals surface area (Å²) in [5.74, 6) is 0.289. The Morgan fingerprint density at radius 3 is 2.59 bits per heavy atom. The van der Waals surface area contributed by atoms with Crippen LogP contribution in [0.2, 0.25) is 5.02 Å². The maximum Gasteiger partial charge on any atom is 0.321 e. The summed E-state index contributed by atoms with van der Waals surface area (Å²) >= 11 is 7.31. The minimum absolute atomic E-state index is 0.392. The smallest absolute Gasteiger partial charge is 0.321 e. The molecule has 1 aromatic carbocycles. The van der Waals surface area contributed by atoms with Gasteiger partial charge < -0.3 is 9.88 Å². The molecule has 0 aliphatic carbocycles. The Kier molecular flexibility index (Phi) is 6.89. The van der Waals surface area contributed by atoms with Crippen molar-refractivity contribution in [1.82, 2.24) is 25.4 Å². The fraction of sp³-hybridized carbons (Fsp3) is 0.444. The molecule has 0 aliphatic heterocycles. The van der Waals surface area contributed by atoms with E-state index in [1.165, 1.54) is 11.8 Å². The van der Waals surface area contributed by atoms with Crippen LogP contribution in [0.15, 0.2) is 29.4 Å². The van der Waals surface area contributed by atoms with Gasteiger partial charge in [0.1, 0.15) is 0 Å². The molecule has 7 nitrogen and oxygen atoms in total. The zero-order valence-corrected chi connectivity index (χ0v) is 17.6. The number of imide groups is 1. The largest absolute Gasteiger partial charge is 0.333 e. The van der Waals surface area contributed by atoms with Crippen LogP contribution in [0.25, 0.3) is 11.4 Å². The topological polar surface area (TPSA) is 88.9 Å². The SMILES string of the molecule is CCn1c(S[C@H](C)C(=O)NC(=O)NC(C)(C)C)nnc1-c1cccc(Cl)c1. The number of amides is 3. The monoisotopic (exact) mass is 409 g/mol. The lowest BCUT2D eigenvalue weighted by Crippen LogP contribution is -2.49. The van der Waals surface area contributed by atoms with Crippen LogP contribution in [0.1, 0.15) is 34.6 Å². The van der Waals surface area contributed by atoms with Gasteiger partial charge in [0.15, 0.2) is 11.0 Å². The lowest BCUT2D eigenvalue weighted by atomic mass is 10.1. The van der Waals surface area contributed by atoms with Crippen LogP contribution < -0.4 is 10.6 Å². The van der Waals surface area contributed by atoms with Gasteiger partial charge in [0.25, 0.3) is 0 Å². The van der Waals surface area contributed by atoms with Crippen molar-refractivity contribution in [3.05, 3.63) is 29.3 Å². The summed E-state index contributed by atoms with van der Waals surface area (Å²) in [5, 5.41) is 14.2. The van der Waals surface area contributed by atoms with Gasteiger partial charge >= 0.3 is 6.03 Å². The van der Waals surface area contributed by atoms with E-state index in [-0.39, 0.29) is 0 Å². The van der Waals surface area contributed by atoms with Crippen LogP contribution >= 0.6 is 23.4 Å². The molecule has 9 heteroatoms. The second kappa shape index (κ2) is 8.75. The van der Waals surface area contributed by atoms with Crippen LogP contribution in [0.4, 0.5) is 4.79 Å². The Morgan fingerprint density at radius 2 is 2.00 bits per heavy atom. The molecular weight excluding hydrogens is 386 g/mol. The lowest BCUT2D eigenvalue weighted by molar-refractivity contribution is -0.119. The number of urea groups is 1. The number of nitrogens with zero attached hydrogens (tertiary/aromatic N) is 3. The van der Waals surface area contributed by atoms with Gasteiger partial charge in [0, 0.05) is 22.7 Å². The van der Waals surface area contributed by atoms with E-state index < -0.39 is 22.7 Å². The van der Waals surface area contributed by atoms with E-state index in [2.05, 4.69) is 20.8 Å². The van der Waals surface area contributed by atoms with Crippen LogP contribution in [-0.4, -0.2) is 37.5 Å². The van der Waals surface area contributed by atoms with Gasteiger partial charge in [-0.25, -0.2) is 4.79 Å². The van der Waals surface area contributed by atoms with Crippen molar-refractivity contribution < 1.29 is 9.59 Å². The summed E-state index contributed by atoms with van der Waals surface area (Å²) in [4.78, 5) is 24.2. The molecule has 2 rings (SSSR count). The third kappa shape index (κ3) is 5.97. The van der Waals surface area contributed by atoms with Crippen LogP contribution in [0.5, 0.6) is 0 Å². The first-order valence-electron chi connectivity index (χ1n) is 8.59. The molecule has 0 aliphatic rings. The molecule has 2 aromatic rings. The fourth-order valence-electron chi connectivity index (χ4n) is 2.30. The van der Waals surface area contributed by atoms with E-state index in [0.29, 0.717) is 22.5 Å².